The first-order chi connectivity index (χ1) is 7.59. The van der Waals surface area contributed by atoms with Crippen LogP contribution in [0.5, 0.6) is 0 Å². The summed E-state index contributed by atoms with van der Waals surface area (Å²) in [4.78, 5) is 0. The van der Waals surface area contributed by atoms with Crippen LogP contribution in [0, 0.1) is 0 Å². The third kappa shape index (κ3) is 3.32. The second kappa shape index (κ2) is 6.02. The fraction of sp³-hybridized carbons (Fsp3) is 0.571. The molecule has 0 bridgehead atoms. The van der Waals surface area contributed by atoms with Crippen molar-refractivity contribution in [3.8, 4) is 0 Å². The van der Waals surface area contributed by atoms with Gasteiger partial charge in [-0.2, -0.15) is 0 Å². The molecule has 1 rings (SSSR count). The van der Waals surface area contributed by atoms with E-state index in [1.54, 1.807) is 0 Å². The fourth-order valence-electron chi connectivity index (χ4n) is 1.64. The number of ether oxygens (including phenoxy) is 1. The highest BCUT2D eigenvalue weighted by molar-refractivity contribution is 5.25. The molecule has 0 amide bonds. The number of hydrogen-bond acceptors (Lipinski definition) is 2. The summed E-state index contributed by atoms with van der Waals surface area (Å²) in [7, 11) is 0. The normalized spacial score (nSPS) is 13.8. The molecule has 1 aromatic carbocycles. The van der Waals surface area contributed by atoms with Gasteiger partial charge in [-0.1, -0.05) is 51.1 Å². The van der Waals surface area contributed by atoms with Gasteiger partial charge < -0.3 is 10.5 Å². The van der Waals surface area contributed by atoms with Crippen LogP contribution in [-0.4, -0.2) is 19.3 Å². The van der Waals surface area contributed by atoms with Crippen molar-refractivity contribution in [1.29, 1.82) is 0 Å². The van der Waals surface area contributed by atoms with Crippen molar-refractivity contribution in [1.82, 2.24) is 0 Å². The van der Waals surface area contributed by atoms with Gasteiger partial charge in [0, 0.05) is 18.1 Å². The Bertz CT molecular complexity index is 295. The van der Waals surface area contributed by atoms with E-state index < -0.39 is 0 Å². The van der Waals surface area contributed by atoms with Gasteiger partial charge in [-0.05, 0) is 12.0 Å². The van der Waals surface area contributed by atoms with Crippen molar-refractivity contribution in [2.24, 2.45) is 5.73 Å². The van der Waals surface area contributed by atoms with Gasteiger partial charge >= 0.3 is 0 Å². The van der Waals surface area contributed by atoms with E-state index in [0.717, 1.165) is 13.0 Å². The van der Waals surface area contributed by atoms with E-state index >= 15 is 0 Å². The Labute approximate surface area is 98.8 Å². The SMILES string of the molecule is CCCOCC(N)C(C)(C)c1ccccc1. The Kier molecular flexibility index (Phi) is 4.97. The second-order valence-electron chi connectivity index (χ2n) is 4.77. The van der Waals surface area contributed by atoms with E-state index in [1.807, 2.05) is 6.07 Å². The summed E-state index contributed by atoms with van der Waals surface area (Å²) in [6, 6.07) is 10.4. The lowest BCUT2D eigenvalue weighted by Crippen LogP contribution is -2.44. The molecule has 1 atom stereocenters. The van der Waals surface area contributed by atoms with Crippen molar-refractivity contribution in [2.75, 3.05) is 13.2 Å². The largest absolute Gasteiger partial charge is 0.380 e. The predicted molar refractivity (Wildman–Crippen MR) is 68.6 cm³/mol. The molecule has 0 saturated carbocycles. The summed E-state index contributed by atoms with van der Waals surface area (Å²) in [5.74, 6) is 0. The number of nitrogens with two attached hydrogens (primary N) is 1. The maximum atomic E-state index is 6.20. The third-order valence-corrected chi connectivity index (χ3v) is 3.09. The van der Waals surface area contributed by atoms with Crippen LogP contribution in [0.15, 0.2) is 30.3 Å². The van der Waals surface area contributed by atoms with Crippen LogP contribution in [0.25, 0.3) is 0 Å². The molecule has 2 nitrogen and oxygen atoms in total. The van der Waals surface area contributed by atoms with Crippen molar-refractivity contribution < 1.29 is 4.74 Å². The lowest BCUT2D eigenvalue weighted by molar-refractivity contribution is 0.103. The number of rotatable bonds is 6. The van der Waals surface area contributed by atoms with Crippen LogP contribution in [0.1, 0.15) is 32.8 Å². The first-order valence-electron chi connectivity index (χ1n) is 5.98. The van der Waals surface area contributed by atoms with Gasteiger partial charge in [0.1, 0.15) is 0 Å². The molecular formula is C14H23NO. The second-order valence-corrected chi connectivity index (χ2v) is 4.77. The van der Waals surface area contributed by atoms with Crippen LogP contribution in [-0.2, 0) is 10.2 Å². The fourth-order valence-corrected chi connectivity index (χ4v) is 1.64. The van der Waals surface area contributed by atoms with Crippen molar-refractivity contribution in [2.45, 2.75) is 38.6 Å². The molecule has 0 spiro atoms. The first kappa shape index (κ1) is 13.2. The highest BCUT2D eigenvalue weighted by Crippen LogP contribution is 2.25. The summed E-state index contributed by atoms with van der Waals surface area (Å²) >= 11 is 0. The first-order valence-corrected chi connectivity index (χ1v) is 5.98. The van der Waals surface area contributed by atoms with Gasteiger partial charge in [-0.3, -0.25) is 0 Å². The van der Waals surface area contributed by atoms with Gasteiger partial charge in [-0.25, -0.2) is 0 Å². The summed E-state index contributed by atoms with van der Waals surface area (Å²) in [5, 5.41) is 0. The molecule has 0 heterocycles. The lowest BCUT2D eigenvalue weighted by Gasteiger charge is -2.32. The molecule has 2 N–H and O–H groups in total. The maximum absolute atomic E-state index is 6.20. The van der Waals surface area contributed by atoms with E-state index in [4.69, 9.17) is 10.5 Å². The maximum Gasteiger partial charge on any atom is 0.0626 e. The van der Waals surface area contributed by atoms with Gasteiger partial charge in [0.2, 0.25) is 0 Å². The monoisotopic (exact) mass is 221 g/mol. The molecular weight excluding hydrogens is 198 g/mol. The average molecular weight is 221 g/mol. The number of hydrogen-bond donors (Lipinski definition) is 1. The highest BCUT2D eigenvalue weighted by atomic mass is 16.5. The van der Waals surface area contributed by atoms with Crippen molar-refractivity contribution in [3.05, 3.63) is 35.9 Å². The zero-order valence-electron chi connectivity index (χ0n) is 10.6. The summed E-state index contributed by atoms with van der Waals surface area (Å²) in [6.07, 6.45) is 1.04. The minimum atomic E-state index is -0.0466. The molecule has 1 aromatic rings. The van der Waals surface area contributed by atoms with Gasteiger partial charge in [-0.15, -0.1) is 0 Å². The molecule has 90 valence electrons. The lowest BCUT2D eigenvalue weighted by atomic mass is 9.78. The molecule has 0 aliphatic heterocycles. The molecule has 2 heteroatoms. The predicted octanol–water partition coefficient (Wildman–Crippen LogP) is 2.72. The Morgan fingerprint density at radius 3 is 2.44 bits per heavy atom. The average Bonchev–Trinajstić information content (AvgIpc) is 2.30. The van der Waals surface area contributed by atoms with E-state index in [-0.39, 0.29) is 11.5 Å². The smallest absolute Gasteiger partial charge is 0.0626 e. The van der Waals surface area contributed by atoms with Crippen LogP contribution in [0.3, 0.4) is 0 Å². The van der Waals surface area contributed by atoms with E-state index in [2.05, 4.69) is 45.0 Å². The van der Waals surface area contributed by atoms with Crippen LogP contribution in [0.2, 0.25) is 0 Å². The van der Waals surface area contributed by atoms with Crippen LogP contribution >= 0.6 is 0 Å². The quantitative estimate of drug-likeness (QED) is 0.750. The van der Waals surface area contributed by atoms with Crippen LogP contribution in [0.4, 0.5) is 0 Å². The summed E-state index contributed by atoms with van der Waals surface area (Å²) in [5.41, 5.74) is 7.42. The molecule has 0 aliphatic rings. The standard InChI is InChI=1S/C14H23NO/c1-4-10-16-11-13(15)14(2,3)12-8-6-5-7-9-12/h5-9,13H,4,10-11,15H2,1-3H3. The molecule has 0 aliphatic carbocycles. The molecule has 0 radical (unpaired) electrons. The minimum absolute atomic E-state index is 0.0291. The van der Waals surface area contributed by atoms with Gasteiger partial charge in [0.15, 0.2) is 0 Å². The van der Waals surface area contributed by atoms with E-state index in [9.17, 15) is 0 Å². The molecule has 1 unspecified atom stereocenters. The van der Waals surface area contributed by atoms with Gasteiger partial charge in [0.05, 0.1) is 6.61 Å². The molecule has 0 aromatic heterocycles. The van der Waals surface area contributed by atoms with E-state index in [1.165, 1.54) is 5.56 Å². The summed E-state index contributed by atoms with van der Waals surface area (Å²) < 4.78 is 5.53. The zero-order valence-corrected chi connectivity index (χ0v) is 10.6. The third-order valence-electron chi connectivity index (χ3n) is 3.09. The van der Waals surface area contributed by atoms with E-state index in [0.29, 0.717) is 6.61 Å². The van der Waals surface area contributed by atoms with Crippen LogP contribution < -0.4 is 5.73 Å². The van der Waals surface area contributed by atoms with Gasteiger partial charge in [0.25, 0.3) is 0 Å². The topological polar surface area (TPSA) is 35.2 Å². The molecule has 0 fully saturated rings. The molecule has 0 saturated heterocycles. The minimum Gasteiger partial charge on any atom is -0.380 e. The van der Waals surface area contributed by atoms with Crippen molar-refractivity contribution >= 4 is 0 Å². The Morgan fingerprint density at radius 2 is 1.88 bits per heavy atom. The Hall–Kier alpha value is -0.860. The van der Waals surface area contributed by atoms with Crippen molar-refractivity contribution in [3.63, 3.8) is 0 Å². The Balaban J connectivity index is 2.62. The number of benzene rings is 1. The zero-order chi connectivity index (χ0) is 12.0. The summed E-state index contributed by atoms with van der Waals surface area (Å²) in [6.45, 7) is 7.85. The Morgan fingerprint density at radius 1 is 1.25 bits per heavy atom. The molecule has 16 heavy (non-hydrogen) atoms. The highest BCUT2D eigenvalue weighted by Gasteiger charge is 2.28.